The molecule has 1 fully saturated rings. The number of aliphatic imine (C=N–C) groups is 1. The van der Waals surface area contributed by atoms with Gasteiger partial charge in [-0.05, 0) is 80.7 Å². The van der Waals surface area contributed by atoms with Crippen molar-refractivity contribution in [1.82, 2.24) is 14.8 Å². The molecule has 11 nitrogen and oxygen atoms in total. The van der Waals surface area contributed by atoms with Gasteiger partial charge in [0, 0.05) is 24.8 Å². The van der Waals surface area contributed by atoms with Crippen LogP contribution in [-0.4, -0.2) is 67.1 Å². The normalized spacial score (nSPS) is 20.9. The zero-order valence-corrected chi connectivity index (χ0v) is 30.2. The van der Waals surface area contributed by atoms with Crippen LogP contribution in [0.5, 0.6) is 17.2 Å². The van der Waals surface area contributed by atoms with Gasteiger partial charge in [-0.25, -0.2) is 24.3 Å². The third kappa shape index (κ3) is 7.00. The molecule has 0 N–H and O–H groups in total. The summed E-state index contributed by atoms with van der Waals surface area (Å²) in [6.07, 6.45) is 3.87. The van der Waals surface area contributed by atoms with E-state index in [-0.39, 0.29) is 46.7 Å². The average molecular weight is 669 g/mol. The standard InChI is InChI=1S/C38H48N6O5/c1-11-13-16-43(12-2)26-14-15-28(23(4)19-26)40-37-33(39-7)32(38(45)49-34-24(5)17-22(3)18-25(34)6)36-41-35(42-44(36)37)27-20-30(47-9)31(48-10)21-29(27)46-8/h14-15,19-22,24-25,34H,11-13,16-18H2,1-6,8-10H3. The fourth-order valence-corrected chi connectivity index (χ4v) is 7.16. The van der Waals surface area contributed by atoms with Gasteiger partial charge in [0.1, 0.15) is 17.4 Å². The summed E-state index contributed by atoms with van der Waals surface area (Å²) < 4.78 is 24.4. The van der Waals surface area contributed by atoms with Gasteiger partial charge in [0.05, 0.1) is 39.2 Å². The summed E-state index contributed by atoms with van der Waals surface area (Å²) in [5.41, 5.74) is 3.34. The maximum Gasteiger partial charge on any atom is 0.331 e. The lowest BCUT2D eigenvalue weighted by atomic mass is 9.75. The summed E-state index contributed by atoms with van der Waals surface area (Å²) >= 11 is 0. The number of hydrogen-bond acceptors (Lipinski definition) is 9. The minimum Gasteiger partial charge on any atom is -0.496 e. The molecular formula is C38H48N6O5. The number of unbranched alkanes of at least 4 members (excludes halogenated alkanes) is 1. The fourth-order valence-electron chi connectivity index (χ4n) is 7.16. The first-order valence-corrected chi connectivity index (χ1v) is 17.1. The van der Waals surface area contributed by atoms with Crippen molar-refractivity contribution < 1.29 is 23.7 Å². The maximum atomic E-state index is 14.1. The Balaban J connectivity index is 1.65. The van der Waals surface area contributed by atoms with Crippen LogP contribution in [-0.2, 0) is 9.53 Å². The highest BCUT2D eigenvalue weighted by atomic mass is 16.5. The Hall–Kier alpha value is -4.85. The Bertz CT molecular complexity index is 1790. The predicted molar refractivity (Wildman–Crippen MR) is 192 cm³/mol. The monoisotopic (exact) mass is 668 g/mol. The SMILES string of the molecule is [C-]#[N+]C1=C(C(=O)OC2C(C)CC(C)CC2C)c2nc(-c3cc(OC)c(OC)cc3OC)nn2C1=Nc1ccc(N(CC)CCCC)cc1C. The van der Waals surface area contributed by atoms with Crippen LogP contribution < -0.4 is 19.1 Å². The van der Waals surface area contributed by atoms with E-state index in [1.165, 1.54) is 4.68 Å². The van der Waals surface area contributed by atoms with Crippen molar-refractivity contribution in [1.29, 1.82) is 0 Å². The lowest BCUT2D eigenvalue weighted by Crippen LogP contribution is -2.37. The first kappa shape index (κ1) is 35.5. The van der Waals surface area contributed by atoms with Gasteiger partial charge in [-0.3, -0.25) is 0 Å². The number of anilines is 1. The first-order valence-electron chi connectivity index (χ1n) is 17.1. The van der Waals surface area contributed by atoms with Crippen LogP contribution in [0.25, 0.3) is 21.8 Å². The van der Waals surface area contributed by atoms with Crippen LogP contribution in [0.1, 0.15) is 71.7 Å². The number of nitrogens with zero attached hydrogens (tertiary/aromatic N) is 6. The van der Waals surface area contributed by atoms with Crippen molar-refractivity contribution >= 4 is 28.8 Å². The van der Waals surface area contributed by atoms with Crippen LogP contribution in [0.4, 0.5) is 11.4 Å². The van der Waals surface area contributed by atoms with Gasteiger partial charge in [-0.15, -0.1) is 5.10 Å². The largest absolute Gasteiger partial charge is 0.496 e. The van der Waals surface area contributed by atoms with Gasteiger partial charge in [0.15, 0.2) is 29.0 Å². The highest BCUT2D eigenvalue weighted by Gasteiger charge is 2.41. The van der Waals surface area contributed by atoms with E-state index in [1.54, 1.807) is 33.5 Å². The number of allylic oxidation sites excluding steroid dienone is 1. The minimum atomic E-state index is -0.601. The number of rotatable bonds is 12. The molecule has 0 bridgehead atoms. The number of methoxy groups -OCH3 is 3. The zero-order chi connectivity index (χ0) is 35.4. The van der Waals surface area contributed by atoms with E-state index in [2.05, 4.69) is 50.4 Å². The van der Waals surface area contributed by atoms with Crippen LogP contribution >= 0.6 is 0 Å². The van der Waals surface area contributed by atoms with Gasteiger partial charge in [-0.1, -0.05) is 34.1 Å². The second-order valence-electron chi connectivity index (χ2n) is 13.2. The third-order valence-electron chi connectivity index (χ3n) is 9.59. The number of fused-ring (bicyclic) bond motifs is 1. The van der Waals surface area contributed by atoms with Gasteiger partial charge < -0.3 is 23.8 Å². The molecule has 1 aliphatic heterocycles. The van der Waals surface area contributed by atoms with E-state index in [1.807, 2.05) is 19.1 Å². The summed E-state index contributed by atoms with van der Waals surface area (Å²) in [5, 5.41) is 4.82. The van der Waals surface area contributed by atoms with E-state index in [0.717, 1.165) is 50.0 Å². The van der Waals surface area contributed by atoms with E-state index in [4.69, 9.17) is 40.6 Å². The van der Waals surface area contributed by atoms with E-state index in [0.29, 0.717) is 34.4 Å². The molecular weight excluding hydrogens is 620 g/mol. The number of hydrogen-bond donors (Lipinski definition) is 0. The quantitative estimate of drug-likeness (QED) is 0.143. The molecule has 2 heterocycles. The maximum absolute atomic E-state index is 14.1. The highest BCUT2D eigenvalue weighted by Crippen LogP contribution is 2.42. The van der Waals surface area contributed by atoms with Crippen molar-refractivity contribution in [3.63, 3.8) is 0 Å². The van der Waals surface area contributed by atoms with E-state index in [9.17, 15) is 4.79 Å². The number of aromatic nitrogens is 3. The number of ether oxygens (including phenoxy) is 4. The van der Waals surface area contributed by atoms with Gasteiger partial charge >= 0.3 is 5.97 Å². The smallest absolute Gasteiger partial charge is 0.331 e. The lowest BCUT2D eigenvalue weighted by Gasteiger charge is -2.37. The Morgan fingerprint density at radius 2 is 1.69 bits per heavy atom. The Morgan fingerprint density at radius 3 is 2.29 bits per heavy atom. The molecule has 1 saturated carbocycles. The molecule has 2 unspecified atom stereocenters. The summed E-state index contributed by atoms with van der Waals surface area (Å²) in [7, 11) is 4.64. The molecule has 1 aromatic heterocycles. The van der Waals surface area contributed by atoms with Gasteiger partial charge in [0.25, 0.3) is 0 Å². The van der Waals surface area contributed by atoms with Crippen LogP contribution in [0.3, 0.4) is 0 Å². The van der Waals surface area contributed by atoms with Crippen LogP contribution in [0.2, 0.25) is 0 Å². The molecule has 2 aliphatic rings. The predicted octanol–water partition coefficient (Wildman–Crippen LogP) is 7.74. The summed E-state index contributed by atoms with van der Waals surface area (Å²) in [5.74, 6) is 2.38. The molecule has 0 amide bonds. The Kier molecular flexibility index (Phi) is 11.0. The fraction of sp³-hybridized carbons (Fsp3) is 0.500. The number of carbonyl (C=O) groups is 1. The molecule has 260 valence electrons. The van der Waals surface area contributed by atoms with Crippen molar-refractivity contribution in [2.24, 2.45) is 22.7 Å². The van der Waals surface area contributed by atoms with Crippen LogP contribution in [0, 0.1) is 31.2 Å². The summed E-state index contributed by atoms with van der Waals surface area (Å²) in [6, 6.07) is 9.53. The molecule has 2 atom stereocenters. The van der Waals surface area contributed by atoms with Crippen molar-refractivity contribution in [2.45, 2.75) is 73.3 Å². The second-order valence-corrected chi connectivity index (χ2v) is 13.2. The molecule has 0 saturated heterocycles. The highest BCUT2D eigenvalue weighted by molar-refractivity contribution is 6.29. The Labute approximate surface area is 289 Å². The summed E-state index contributed by atoms with van der Waals surface area (Å²) in [6.45, 7) is 22.9. The number of benzene rings is 2. The number of aryl methyl sites for hydroxylation is 1. The third-order valence-corrected chi connectivity index (χ3v) is 9.59. The van der Waals surface area contributed by atoms with Gasteiger partial charge in [-0.2, -0.15) is 0 Å². The Morgan fingerprint density at radius 1 is 1.02 bits per heavy atom. The van der Waals surface area contributed by atoms with Crippen molar-refractivity contribution in [2.75, 3.05) is 39.3 Å². The minimum absolute atomic E-state index is 0.0518. The first-order chi connectivity index (χ1) is 23.6. The molecule has 0 radical (unpaired) electrons. The molecule has 1 aliphatic carbocycles. The molecule has 49 heavy (non-hydrogen) atoms. The average Bonchev–Trinajstić information content (AvgIpc) is 3.64. The summed E-state index contributed by atoms with van der Waals surface area (Å²) in [4.78, 5) is 30.1. The molecule has 5 rings (SSSR count). The van der Waals surface area contributed by atoms with Crippen molar-refractivity contribution in [3.05, 3.63) is 58.8 Å². The topological polar surface area (TPSA) is 105 Å². The molecule has 0 spiro atoms. The number of carbonyl (C=O) groups excluding carboxylic acids is 1. The lowest BCUT2D eigenvalue weighted by molar-refractivity contribution is -0.150. The van der Waals surface area contributed by atoms with E-state index >= 15 is 0 Å². The zero-order valence-electron chi connectivity index (χ0n) is 30.2. The van der Waals surface area contributed by atoms with Crippen LogP contribution in [0.15, 0.2) is 41.0 Å². The molecule has 11 heteroatoms. The molecule has 2 aromatic carbocycles. The second kappa shape index (κ2) is 15.1. The van der Waals surface area contributed by atoms with Gasteiger partial charge in [0.2, 0.25) is 5.70 Å². The van der Waals surface area contributed by atoms with E-state index < -0.39 is 5.97 Å². The van der Waals surface area contributed by atoms with Crippen molar-refractivity contribution in [3.8, 4) is 28.6 Å². The number of esters is 1. The molecule has 3 aromatic rings.